The Morgan fingerprint density at radius 3 is 2.38 bits per heavy atom. The van der Waals surface area contributed by atoms with E-state index in [1.165, 1.54) is 0 Å². The molecule has 4 nitrogen and oxygen atoms in total. The molecule has 0 aliphatic heterocycles. The van der Waals surface area contributed by atoms with Crippen molar-refractivity contribution in [3.8, 4) is 0 Å². The molecule has 0 fully saturated rings. The number of benzene rings is 2. The van der Waals surface area contributed by atoms with Crippen molar-refractivity contribution in [2.24, 2.45) is 0 Å². The average Bonchev–Trinajstić information content (AvgIpc) is 2.48. The molecule has 2 N–H and O–H groups in total. The molecule has 21 heavy (non-hydrogen) atoms. The first-order valence-corrected chi connectivity index (χ1v) is 6.79. The lowest BCUT2D eigenvalue weighted by molar-refractivity contribution is -0.115. The van der Waals surface area contributed by atoms with Crippen molar-refractivity contribution in [1.29, 1.82) is 0 Å². The zero-order chi connectivity index (χ0) is 15.2. The summed E-state index contributed by atoms with van der Waals surface area (Å²) in [6.07, 6.45) is 1.14. The highest BCUT2D eigenvalue weighted by Crippen LogP contribution is 2.15. The smallest absolute Gasteiger partial charge is 0.335 e. The van der Waals surface area contributed by atoms with Crippen molar-refractivity contribution in [3.05, 3.63) is 65.2 Å². The summed E-state index contributed by atoms with van der Waals surface area (Å²) in [5.41, 5.74) is 3.15. The standard InChI is InChI=1S/C17H17NO3/c1-2-16(19)18-15-5-3-4-13(11-15)10-12-6-8-14(9-7-12)17(20)21/h3-9,11H,2,10H2,1H3,(H,18,19)(H,20,21). The number of carbonyl (C=O) groups is 2. The van der Waals surface area contributed by atoms with Crippen molar-refractivity contribution in [2.45, 2.75) is 19.8 Å². The summed E-state index contributed by atoms with van der Waals surface area (Å²) in [4.78, 5) is 22.2. The highest BCUT2D eigenvalue weighted by Gasteiger charge is 2.04. The highest BCUT2D eigenvalue weighted by atomic mass is 16.4. The molecular weight excluding hydrogens is 266 g/mol. The lowest BCUT2D eigenvalue weighted by Crippen LogP contribution is -2.09. The van der Waals surface area contributed by atoms with Crippen LogP contribution in [0.3, 0.4) is 0 Å². The number of amides is 1. The van der Waals surface area contributed by atoms with Gasteiger partial charge in [0.25, 0.3) is 0 Å². The number of anilines is 1. The van der Waals surface area contributed by atoms with E-state index in [2.05, 4.69) is 5.32 Å². The SMILES string of the molecule is CCC(=O)Nc1cccc(Cc2ccc(C(=O)O)cc2)c1. The van der Waals surface area contributed by atoms with Crippen LogP contribution in [0.15, 0.2) is 48.5 Å². The Morgan fingerprint density at radius 2 is 1.76 bits per heavy atom. The van der Waals surface area contributed by atoms with E-state index in [1.54, 1.807) is 24.3 Å². The van der Waals surface area contributed by atoms with Crippen molar-refractivity contribution in [1.82, 2.24) is 0 Å². The molecule has 0 saturated heterocycles. The number of carboxylic acid groups (broad SMARTS) is 1. The first kappa shape index (κ1) is 14.8. The maximum atomic E-state index is 11.4. The average molecular weight is 283 g/mol. The van der Waals surface area contributed by atoms with E-state index in [4.69, 9.17) is 5.11 Å². The Hall–Kier alpha value is -2.62. The third-order valence-electron chi connectivity index (χ3n) is 3.14. The van der Waals surface area contributed by atoms with E-state index >= 15 is 0 Å². The Bertz CT molecular complexity index is 647. The molecule has 2 rings (SSSR count). The van der Waals surface area contributed by atoms with E-state index in [9.17, 15) is 9.59 Å². The summed E-state index contributed by atoms with van der Waals surface area (Å²) < 4.78 is 0. The molecule has 1 amide bonds. The normalized spacial score (nSPS) is 10.1. The number of aromatic carboxylic acids is 1. The van der Waals surface area contributed by atoms with E-state index in [0.29, 0.717) is 12.8 Å². The van der Waals surface area contributed by atoms with Gasteiger partial charge in [0, 0.05) is 12.1 Å². The van der Waals surface area contributed by atoms with Gasteiger partial charge in [-0.25, -0.2) is 4.79 Å². The number of carbonyl (C=O) groups excluding carboxylic acids is 1. The van der Waals surface area contributed by atoms with Crippen LogP contribution in [0, 0.1) is 0 Å². The molecule has 108 valence electrons. The molecule has 0 saturated carbocycles. The minimum absolute atomic E-state index is 0.0158. The quantitative estimate of drug-likeness (QED) is 0.884. The molecule has 0 aliphatic carbocycles. The fraction of sp³-hybridized carbons (Fsp3) is 0.176. The molecule has 4 heteroatoms. The molecule has 2 aromatic carbocycles. The highest BCUT2D eigenvalue weighted by molar-refractivity contribution is 5.90. The van der Waals surface area contributed by atoms with Gasteiger partial charge in [-0.1, -0.05) is 31.2 Å². The van der Waals surface area contributed by atoms with Crippen molar-refractivity contribution in [2.75, 3.05) is 5.32 Å². The van der Waals surface area contributed by atoms with Crippen molar-refractivity contribution in [3.63, 3.8) is 0 Å². The molecule has 0 atom stereocenters. The maximum absolute atomic E-state index is 11.4. The predicted molar refractivity (Wildman–Crippen MR) is 81.6 cm³/mol. The number of nitrogens with one attached hydrogen (secondary N) is 1. The second-order valence-electron chi connectivity index (χ2n) is 4.78. The largest absolute Gasteiger partial charge is 0.478 e. The van der Waals surface area contributed by atoms with Gasteiger partial charge in [0.2, 0.25) is 5.91 Å². The summed E-state index contributed by atoms with van der Waals surface area (Å²) in [7, 11) is 0. The lowest BCUT2D eigenvalue weighted by Gasteiger charge is -2.07. The molecule has 0 bridgehead atoms. The predicted octanol–water partition coefficient (Wildman–Crippen LogP) is 3.32. The molecule has 0 unspecified atom stereocenters. The van der Waals surface area contributed by atoms with Crippen LogP contribution in [0.4, 0.5) is 5.69 Å². The van der Waals surface area contributed by atoms with Crippen LogP contribution in [-0.4, -0.2) is 17.0 Å². The van der Waals surface area contributed by atoms with Gasteiger partial charge in [0.15, 0.2) is 0 Å². The Kier molecular flexibility index (Phi) is 4.72. The minimum atomic E-state index is -0.925. The van der Waals surface area contributed by atoms with Crippen LogP contribution in [0.25, 0.3) is 0 Å². The summed E-state index contributed by atoms with van der Waals surface area (Å²) in [5.74, 6) is -0.941. The van der Waals surface area contributed by atoms with Crippen LogP contribution in [-0.2, 0) is 11.2 Å². The van der Waals surface area contributed by atoms with Gasteiger partial charge in [-0.2, -0.15) is 0 Å². The third-order valence-corrected chi connectivity index (χ3v) is 3.14. The maximum Gasteiger partial charge on any atom is 0.335 e. The number of rotatable bonds is 5. The molecular formula is C17H17NO3. The first-order chi connectivity index (χ1) is 10.1. The van der Waals surface area contributed by atoms with Crippen molar-refractivity contribution < 1.29 is 14.7 Å². The van der Waals surface area contributed by atoms with Gasteiger partial charge in [-0.15, -0.1) is 0 Å². The zero-order valence-corrected chi connectivity index (χ0v) is 11.8. The van der Waals surface area contributed by atoms with Gasteiger partial charge in [-0.05, 0) is 41.8 Å². The third kappa shape index (κ3) is 4.18. The summed E-state index contributed by atoms with van der Waals surface area (Å²) in [6.45, 7) is 1.81. The van der Waals surface area contributed by atoms with Crippen molar-refractivity contribution >= 4 is 17.6 Å². The van der Waals surface area contributed by atoms with Gasteiger partial charge in [0.05, 0.1) is 5.56 Å². The van der Waals surface area contributed by atoms with E-state index in [-0.39, 0.29) is 11.5 Å². The van der Waals surface area contributed by atoms with Gasteiger partial charge in [0.1, 0.15) is 0 Å². The van der Waals surface area contributed by atoms with Crippen LogP contribution in [0.5, 0.6) is 0 Å². The Morgan fingerprint density at radius 1 is 1.05 bits per heavy atom. The van der Waals surface area contributed by atoms with Crippen LogP contribution in [0.1, 0.15) is 34.8 Å². The first-order valence-electron chi connectivity index (χ1n) is 6.79. The monoisotopic (exact) mass is 283 g/mol. The summed E-state index contributed by atoms with van der Waals surface area (Å²) >= 11 is 0. The van der Waals surface area contributed by atoms with E-state index in [1.807, 2.05) is 31.2 Å². The second kappa shape index (κ2) is 6.70. The summed E-state index contributed by atoms with van der Waals surface area (Å²) in [5, 5.41) is 11.7. The fourth-order valence-electron chi connectivity index (χ4n) is 2.01. The molecule has 0 spiro atoms. The van der Waals surface area contributed by atoms with Gasteiger partial charge in [-0.3, -0.25) is 4.79 Å². The molecule has 2 aromatic rings. The zero-order valence-electron chi connectivity index (χ0n) is 11.8. The van der Waals surface area contributed by atoms with E-state index in [0.717, 1.165) is 16.8 Å². The Labute approximate surface area is 123 Å². The van der Waals surface area contributed by atoms with Crippen LogP contribution < -0.4 is 5.32 Å². The minimum Gasteiger partial charge on any atom is -0.478 e. The topological polar surface area (TPSA) is 66.4 Å². The van der Waals surface area contributed by atoms with Gasteiger partial charge < -0.3 is 10.4 Å². The van der Waals surface area contributed by atoms with Gasteiger partial charge >= 0.3 is 5.97 Å². The molecule has 0 heterocycles. The second-order valence-corrected chi connectivity index (χ2v) is 4.78. The van der Waals surface area contributed by atoms with E-state index < -0.39 is 5.97 Å². The Balaban J connectivity index is 2.10. The summed E-state index contributed by atoms with van der Waals surface area (Å²) in [6, 6.07) is 14.5. The molecule has 0 aromatic heterocycles. The molecule has 0 radical (unpaired) electrons. The fourth-order valence-corrected chi connectivity index (χ4v) is 2.01. The lowest BCUT2D eigenvalue weighted by atomic mass is 10.0. The number of hydrogen-bond acceptors (Lipinski definition) is 2. The molecule has 0 aliphatic rings. The van der Waals surface area contributed by atoms with Crippen LogP contribution in [0.2, 0.25) is 0 Å². The number of carboxylic acids is 1. The van der Waals surface area contributed by atoms with Crippen LogP contribution >= 0.6 is 0 Å². The number of hydrogen-bond donors (Lipinski definition) is 2.